The lowest BCUT2D eigenvalue weighted by Gasteiger charge is -2.27. The summed E-state index contributed by atoms with van der Waals surface area (Å²) in [7, 11) is -2.21. The topological polar surface area (TPSA) is 149 Å². The van der Waals surface area contributed by atoms with E-state index in [1.54, 1.807) is 0 Å². The minimum atomic E-state index is -3.54. The fourth-order valence-electron chi connectivity index (χ4n) is 2.99. The van der Waals surface area contributed by atoms with Crippen LogP contribution < -0.4 is 14.9 Å². The van der Waals surface area contributed by atoms with Gasteiger partial charge >= 0.3 is 0 Å². The summed E-state index contributed by atoms with van der Waals surface area (Å²) in [5.74, 6) is -0.806. The Bertz CT molecular complexity index is 1060. The number of hydrogen-bond donors (Lipinski definition) is 4. The van der Waals surface area contributed by atoms with Gasteiger partial charge < -0.3 is 20.8 Å². The number of thiazole rings is 1. The molecule has 0 saturated carbocycles. The van der Waals surface area contributed by atoms with Crippen LogP contribution in [0.2, 0.25) is 0 Å². The minimum absolute atomic E-state index is 0.0232. The summed E-state index contributed by atoms with van der Waals surface area (Å²) >= 11 is 0.985. The molecule has 4 N–H and O–H groups in total. The van der Waals surface area contributed by atoms with E-state index in [1.165, 1.54) is 12.4 Å². The largest absolute Gasteiger partial charge is 0.390 e. The van der Waals surface area contributed by atoms with Gasteiger partial charge in [0.25, 0.3) is 5.91 Å². The highest BCUT2D eigenvalue weighted by atomic mass is 32.2. The van der Waals surface area contributed by atoms with Crippen LogP contribution in [-0.4, -0.2) is 73.5 Å². The molecule has 0 radical (unpaired) electrons. The molecule has 0 fully saturated rings. The number of nitrogens with zero attached hydrogens (tertiary/aromatic N) is 2. The molecule has 188 valence electrons. The van der Waals surface area contributed by atoms with Crippen molar-refractivity contribution in [2.45, 2.75) is 44.9 Å². The van der Waals surface area contributed by atoms with E-state index in [0.29, 0.717) is 6.54 Å². The number of amides is 2. The van der Waals surface area contributed by atoms with E-state index in [2.05, 4.69) is 15.6 Å². The standard InChI is InChI=1S/C22H32N4O6S2/c1-14(2)12-23-19(28)11-18(27)20(29)16(10-15-8-6-5-7-9-15)24-21(30)17-13-33-22(25-17)26(3)34(4,31)32/h5-9,13-14,16,18,20,27,29H,10-12H2,1-4H3,(H,23,28)(H,24,30). The fraction of sp³-hybridized carbons (Fsp3) is 0.500. The maximum atomic E-state index is 12.9. The summed E-state index contributed by atoms with van der Waals surface area (Å²) in [6.45, 7) is 4.32. The Morgan fingerprint density at radius 3 is 2.41 bits per heavy atom. The molecular weight excluding hydrogens is 480 g/mol. The number of rotatable bonds is 12. The number of carbonyl (C=O) groups is 2. The Morgan fingerprint density at radius 1 is 1.18 bits per heavy atom. The van der Waals surface area contributed by atoms with Crippen molar-refractivity contribution in [3.63, 3.8) is 0 Å². The summed E-state index contributed by atoms with van der Waals surface area (Å²) in [6.07, 6.45) is -1.96. The van der Waals surface area contributed by atoms with Crippen LogP contribution in [0.3, 0.4) is 0 Å². The van der Waals surface area contributed by atoms with Gasteiger partial charge in [0, 0.05) is 19.0 Å². The molecule has 34 heavy (non-hydrogen) atoms. The Labute approximate surface area is 204 Å². The summed E-state index contributed by atoms with van der Waals surface area (Å²) in [5.41, 5.74) is 0.781. The first-order valence-electron chi connectivity index (χ1n) is 10.8. The maximum Gasteiger partial charge on any atom is 0.271 e. The van der Waals surface area contributed by atoms with Crippen molar-refractivity contribution < 1.29 is 28.2 Å². The minimum Gasteiger partial charge on any atom is -0.390 e. The van der Waals surface area contributed by atoms with Gasteiger partial charge in [0.2, 0.25) is 15.9 Å². The zero-order valence-corrected chi connectivity index (χ0v) is 21.3. The molecule has 2 aromatic rings. The summed E-state index contributed by atoms with van der Waals surface area (Å²) in [5, 5.41) is 28.2. The molecule has 10 nitrogen and oxygen atoms in total. The third-order valence-electron chi connectivity index (χ3n) is 5.01. The van der Waals surface area contributed by atoms with Crippen molar-refractivity contribution in [2.24, 2.45) is 5.92 Å². The number of hydrogen-bond acceptors (Lipinski definition) is 8. The molecule has 3 atom stereocenters. The van der Waals surface area contributed by atoms with Gasteiger partial charge in [0.1, 0.15) is 11.8 Å². The van der Waals surface area contributed by atoms with E-state index >= 15 is 0 Å². The number of aliphatic hydroxyl groups excluding tert-OH is 2. The van der Waals surface area contributed by atoms with E-state index in [4.69, 9.17) is 0 Å². The monoisotopic (exact) mass is 512 g/mol. The molecule has 1 heterocycles. The van der Waals surface area contributed by atoms with Crippen molar-refractivity contribution in [2.75, 3.05) is 24.2 Å². The number of aliphatic hydroxyl groups is 2. The van der Waals surface area contributed by atoms with E-state index in [-0.39, 0.29) is 29.6 Å². The van der Waals surface area contributed by atoms with Crippen LogP contribution in [0.15, 0.2) is 35.7 Å². The summed E-state index contributed by atoms with van der Waals surface area (Å²) < 4.78 is 24.4. The molecule has 1 aromatic heterocycles. The molecule has 0 aliphatic carbocycles. The highest BCUT2D eigenvalue weighted by molar-refractivity contribution is 7.92. The van der Waals surface area contributed by atoms with E-state index in [0.717, 1.165) is 27.5 Å². The Kier molecular flexibility index (Phi) is 9.98. The van der Waals surface area contributed by atoms with Crippen molar-refractivity contribution in [1.29, 1.82) is 0 Å². The Morgan fingerprint density at radius 2 is 1.82 bits per heavy atom. The van der Waals surface area contributed by atoms with Gasteiger partial charge in [-0.25, -0.2) is 17.7 Å². The fourth-order valence-corrected chi connectivity index (χ4v) is 4.53. The van der Waals surface area contributed by atoms with Gasteiger partial charge in [-0.1, -0.05) is 44.2 Å². The van der Waals surface area contributed by atoms with Crippen molar-refractivity contribution in [1.82, 2.24) is 15.6 Å². The lowest BCUT2D eigenvalue weighted by atomic mass is 9.96. The lowest BCUT2D eigenvalue weighted by molar-refractivity contribution is -0.125. The van der Waals surface area contributed by atoms with Crippen LogP contribution in [0.25, 0.3) is 0 Å². The average molecular weight is 513 g/mol. The predicted octanol–water partition coefficient (Wildman–Crippen LogP) is 0.764. The van der Waals surface area contributed by atoms with Crippen molar-refractivity contribution >= 4 is 38.3 Å². The van der Waals surface area contributed by atoms with E-state index < -0.39 is 40.1 Å². The van der Waals surface area contributed by atoms with Crippen molar-refractivity contribution in [3.05, 3.63) is 47.0 Å². The van der Waals surface area contributed by atoms with Crippen LogP contribution in [0.4, 0.5) is 5.13 Å². The predicted molar refractivity (Wildman–Crippen MR) is 131 cm³/mol. The highest BCUT2D eigenvalue weighted by Gasteiger charge is 2.30. The SMILES string of the molecule is CC(C)CNC(=O)CC(O)C(O)C(Cc1ccccc1)NC(=O)c1csc(N(C)S(C)(=O)=O)n1. The molecule has 0 saturated heterocycles. The zero-order valence-electron chi connectivity index (χ0n) is 19.6. The Balaban J connectivity index is 2.16. The number of benzene rings is 1. The number of anilines is 1. The Hall–Kier alpha value is -2.54. The summed E-state index contributed by atoms with van der Waals surface area (Å²) in [4.78, 5) is 29.0. The second kappa shape index (κ2) is 12.2. The molecule has 0 aliphatic heterocycles. The zero-order chi connectivity index (χ0) is 25.5. The quantitative estimate of drug-likeness (QED) is 0.328. The number of nitrogens with one attached hydrogen (secondary N) is 2. The molecule has 1 aromatic carbocycles. The van der Waals surface area contributed by atoms with Gasteiger partial charge in [-0.05, 0) is 17.9 Å². The molecule has 0 spiro atoms. The van der Waals surface area contributed by atoms with Crippen LogP contribution >= 0.6 is 11.3 Å². The van der Waals surface area contributed by atoms with E-state index in [9.17, 15) is 28.2 Å². The first-order valence-corrected chi connectivity index (χ1v) is 13.5. The average Bonchev–Trinajstić information content (AvgIpc) is 3.26. The number of aromatic nitrogens is 1. The normalized spacial score (nSPS) is 14.3. The van der Waals surface area contributed by atoms with Gasteiger partial charge in [-0.2, -0.15) is 0 Å². The second-order valence-corrected chi connectivity index (χ2v) is 11.3. The van der Waals surface area contributed by atoms with Gasteiger partial charge in [-0.3, -0.25) is 9.59 Å². The molecule has 0 bridgehead atoms. The molecule has 0 aliphatic rings. The number of carbonyl (C=O) groups excluding carboxylic acids is 2. The summed E-state index contributed by atoms with van der Waals surface area (Å²) in [6, 6.07) is 8.15. The van der Waals surface area contributed by atoms with Crippen LogP contribution in [0.1, 0.15) is 36.3 Å². The van der Waals surface area contributed by atoms with Gasteiger partial charge in [0.05, 0.1) is 24.8 Å². The molecule has 2 rings (SSSR count). The van der Waals surface area contributed by atoms with Crippen LogP contribution in [0.5, 0.6) is 0 Å². The van der Waals surface area contributed by atoms with Crippen LogP contribution in [-0.2, 0) is 21.2 Å². The third-order valence-corrected chi connectivity index (χ3v) is 7.22. The van der Waals surface area contributed by atoms with Gasteiger partial charge in [-0.15, -0.1) is 11.3 Å². The first-order chi connectivity index (χ1) is 15.9. The highest BCUT2D eigenvalue weighted by Crippen LogP contribution is 2.21. The van der Waals surface area contributed by atoms with Gasteiger partial charge in [0.15, 0.2) is 5.13 Å². The maximum absolute atomic E-state index is 12.9. The van der Waals surface area contributed by atoms with E-state index in [1.807, 2.05) is 44.2 Å². The number of sulfonamides is 1. The first kappa shape index (κ1) is 27.7. The van der Waals surface area contributed by atoms with Crippen LogP contribution in [0, 0.1) is 5.92 Å². The third kappa shape index (κ3) is 8.35. The smallest absolute Gasteiger partial charge is 0.271 e. The lowest BCUT2D eigenvalue weighted by Crippen LogP contribution is -2.51. The molecule has 3 unspecified atom stereocenters. The molecule has 2 amide bonds. The second-order valence-electron chi connectivity index (χ2n) is 8.48. The molecule has 12 heteroatoms. The van der Waals surface area contributed by atoms with Crippen molar-refractivity contribution in [3.8, 4) is 0 Å². The molecular formula is C22H32N4O6S2.